The Labute approximate surface area is 121 Å². The Morgan fingerprint density at radius 1 is 1.10 bits per heavy atom. The van der Waals surface area contributed by atoms with E-state index in [0.29, 0.717) is 5.30 Å². The van der Waals surface area contributed by atoms with Crippen LogP contribution in [0.1, 0.15) is 0 Å². The van der Waals surface area contributed by atoms with E-state index in [4.69, 9.17) is 20.9 Å². The van der Waals surface area contributed by atoms with Crippen molar-refractivity contribution in [2.75, 3.05) is 7.11 Å². The van der Waals surface area contributed by atoms with Crippen LogP contribution in [0.4, 0.5) is 5.69 Å². The number of hydrogen-bond acceptors (Lipinski definition) is 5. The molecule has 5 nitrogen and oxygen atoms in total. The fourth-order valence-electron chi connectivity index (χ4n) is 1.62. The lowest BCUT2D eigenvalue weighted by atomic mass is 10.3. The quantitative estimate of drug-likeness (QED) is 0.482. The third-order valence-electron chi connectivity index (χ3n) is 2.59. The van der Waals surface area contributed by atoms with E-state index in [0.717, 1.165) is 0 Å². The predicted octanol–water partition coefficient (Wildman–Crippen LogP) is 3.26. The fourth-order valence-corrected chi connectivity index (χ4v) is 3.57. The van der Waals surface area contributed by atoms with Crippen molar-refractivity contribution < 1.29 is 14.0 Å². The van der Waals surface area contributed by atoms with Crippen LogP contribution in [0.3, 0.4) is 0 Å². The highest BCUT2D eigenvalue weighted by Gasteiger charge is 2.26. The molecule has 0 radical (unpaired) electrons. The van der Waals surface area contributed by atoms with Crippen LogP contribution >= 0.6 is 6.49 Å². The van der Waals surface area contributed by atoms with Gasteiger partial charge in [0.1, 0.15) is 0 Å². The molecule has 0 heterocycles. The van der Waals surface area contributed by atoms with Crippen molar-refractivity contribution in [2.24, 2.45) is 0 Å². The molecule has 20 heavy (non-hydrogen) atoms. The highest BCUT2D eigenvalue weighted by atomic mass is 32.5. The number of benzene rings is 2. The first-order valence-corrected chi connectivity index (χ1v) is 8.35. The summed E-state index contributed by atoms with van der Waals surface area (Å²) in [6.07, 6.45) is 0. The van der Waals surface area contributed by atoms with E-state index in [-0.39, 0.29) is 11.4 Å². The minimum Gasteiger partial charge on any atom is -0.433 e. The van der Waals surface area contributed by atoms with Crippen LogP contribution in [0.15, 0.2) is 54.6 Å². The fraction of sp³-hybridized carbons (Fsp3) is 0.0769. The van der Waals surface area contributed by atoms with Gasteiger partial charge in [-0.25, -0.2) is 0 Å². The molecule has 0 saturated heterocycles. The minimum absolute atomic E-state index is 0.117. The van der Waals surface area contributed by atoms with Crippen LogP contribution in [-0.2, 0) is 16.3 Å². The summed E-state index contributed by atoms with van der Waals surface area (Å²) in [4.78, 5) is 10.5. The van der Waals surface area contributed by atoms with Crippen LogP contribution in [0, 0.1) is 10.1 Å². The van der Waals surface area contributed by atoms with Crippen molar-refractivity contribution in [3.05, 3.63) is 64.7 Å². The third-order valence-corrected chi connectivity index (χ3v) is 5.74. The smallest absolute Gasteiger partial charge is 0.311 e. The Hall–Kier alpha value is -1.75. The van der Waals surface area contributed by atoms with Gasteiger partial charge in [-0.1, -0.05) is 30.3 Å². The van der Waals surface area contributed by atoms with Gasteiger partial charge in [0.05, 0.1) is 4.92 Å². The monoisotopic (exact) mass is 309 g/mol. The van der Waals surface area contributed by atoms with Gasteiger partial charge in [0.2, 0.25) is 5.75 Å². The van der Waals surface area contributed by atoms with Crippen molar-refractivity contribution >= 4 is 29.3 Å². The van der Waals surface area contributed by atoms with Gasteiger partial charge in [-0.3, -0.25) is 10.1 Å². The molecule has 0 aliphatic rings. The van der Waals surface area contributed by atoms with Gasteiger partial charge in [-0.2, -0.15) is 0 Å². The molecule has 7 heteroatoms. The van der Waals surface area contributed by atoms with Crippen molar-refractivity contribution in [3.63, 3.8) is 0 Å². The average molecular weight is 309 g/mol. The lowest BCUT2D eigenvalue weighted by Crippen LogP contribution is -2.11. The molecule has 0 amide bonds. The summed E-state index contributed by atoms with van der Waals surface area (Å²) in [7, 11) is 1.45. The van der Waals surface area contributed by atoms with Crippen molar-refractivity contribution in [2.45, 2.75) is 0 Å². The molecular weight excluding hydrogens is 297 g/mol. The van der Waals surface area contributed by atoms with Crippen LogP contribution in [0.2, 0.25) is 0 Å². The van der Waals surface area contributed by atoms with Gasteiger partial charge in [0.15, 0.2) is 0 Å². The number of nitrogens with zero attached hydrogens (tertiary/aromatic N) is 1. The van der Waals surface area contributed by atoms with Crippen molar-refractivity contribution in [3.8, 4) is 5.75 Å². The zero-order chi connectivity index (χ0) is 14.6. The lowest BCUT2D eigenvalue weighted by molar-refractivity contribution is -0.385. The summed E-state index contributed by atoms with van der Waals surface area (Å²) in [5.74, 6) is 0.117. The molecule has 2 aromatic carbocycles. The number of nitro benzene ring substituents is 1. The third kappa shape index (κ3) is 3.04. The van der Waals surface area contributed by atoms with Gasteiger partial charge >= 0.3 is 5.69 Å². The molecule has 0 N–H and O–H groups in total. The Balaban J connectivity index is 2.41. The van der Waals surface area contributed by atoms with Crippen LogP contribution in [-0.4, -0.2) is 12.0 Å². The Morgan fingerprint density at radius 2 is 1.70 bits per heavy atom. The molecular formula is C13H12NO4PS. The number of rotatable bonds is 5. The number of hydrogen-bond donors (Lipinski definition) is 0. The molecule has 0 aromatic heterocycles. The molecule has 2 rings (SSSR count). The molecule has 0 bridgehead atoms. The second kappa shape index (κ2) is 6.13. The lowest BCUT2D eigenvalue weighted by Gasteiger charge is -2.21. The molecule has 2 aromatic rings. The van der Waals surface area contributed by atoms with Gasteiger partial charge in [0, 0.05) is 18.5 Å². The van der Waals surface area contributed by atoms with Gasteiger partial charge in [-0.05, 0) is 30.0 Å². The molecule has 0 aliphatic heterocycles. The van der Waals surface area contributed by atoms with E-state index in [1.54, 1.807) is 24.3 Å². The van der Waals surface area contributed by atoms with E-state index in [2.05, 4.69) is 0 Å². The Bertz CT molecular complexity index is 662. The summed E-state index contributed by atoms with van der Waals surface area (Å²) < 4.78 is 11.0. The molecule has 0 aliphatic carbocycles. The van der Waals surface area contributed by atoms with E-state index in [9.17, 15) is 10.1 Å². The SMILES string of the molecule is COP(=S)(Oc1ccccc1[N+](=O)[O-])c1ccccc1. The summed E-state index contributed by atoms with van der Waals surface area (Å²) in [6, 6.07) is 15.2. The Kier molecular flexibility index (Phi) is 4.49. The normalized spacial score (nSPS) is 13.4. The molecule has 1 atom stereocenters. The van der Waals surface area contributed by atoms with Gasteiger partial charge in [-0.15, -0.1) is 0 Å². The summed E-state index contributed by atoms with van der Waals surface area (Å²) >= 11 is 5.44. The summed E-state index contributed by atoms with van der Waals surface area (Å²) in [5, 5.41) is 11.7. The minimum atomic E-state index is -2.81. The van der Waals surface area contributed by atoms with E-state index in [1.807, 2.05) is 18.2 Å². The van der Waals surface area contributed by atoms with E-state index >= 15 is 0 Å². The summed E-state index contributed by atoms with van der Waals surface area (Å²) in [5.41, 5.74) is -0.130. The maximum Gasteiger partial charge on any atom is 0.311 e. The molecule has 104 valence electrons. The highest BCUT2D eigenvalue weighted by molar-refractivity contribution is 8.13. The number of para-hydroxylation sites is 2. The molecule has 0 saturated carbocycles. The van der Waals surface area contributed by atoms with Crippen LogP contribution < -0.4 is 9.83 Å². The van der Waals surface area contributed by atoms with Crippen molar-refractivity contribution in [1.29, 1.82) is 0 Å². The highest BCUT2D eigenvalue weighted by Crippen LogP contribution is 2.48. The maximum atomic E-state index is 11.0. The predicted molar refractivity (Wildman–Crippen MR) is 81.1 cm³/mol. The van der Waals surface area contributed by atoms with Crippen LogP contribution in [0.5, 0.6) is 5.75 Å². The maximum absolute atomic E-state index is 11.0. The number of nitro groups is 1. The van der Waals surface area contributed by atoms with E-state index < -0.39 is 11.4 Å². The van der Waals surface area contributed by atoms with Gasteiger partial charge < -0.3 is 9.05 Å². The molecule has 1 unspecified atom stereocenters. The molecule has 0 spiro atoms. The first-order chi connectivity index (χ1) is 9.57. The summed E-state index contributed by atoms with van der Waals surface area (Å²) in [6.45, 7) is -2.81. The topological polar surface area (TPSA) is 61.6 Å². The largest absolute Gasteiger partial charge is 0.433 e. The van der Waals surface area contributed by atoms with Crippen molar-refractivity contribution in [1.82, 2.24) is 0 Å². The average Bonchev–Trinajstić information content (AvgIpc) is 2.48. The second-order valence-corrected chi connectivity index (χ2v) is 7.33. The Morgan fingerprint density at radius 3 is 2.30 bits per heavy atom. The standard InChI is InChI=1S/C13H12NO4PS/c1-17-19(20,11-7-3-2-4-8-11)18-13-10-6-5-9-12(13)14(15)16/h2-10H,1H3. The second-order valence-electron chi connectivity index (χ2n) is 3.83. The van der Waals surface area contributed by atoms with E-state index in [1.165, 1.54) is 19.2 Å². The van der Waals surface area contributed by atoms with Crippen LogP contribution in [0.25, 0.3) is 0 Å². The zero-order valence-corrected chi connectivity index (χ0v) is 12.3. The van der Waals surface area contributed by atoms with Gasteiger partial charge in [0.25, 0.3) is 6.49 Å². The zero-order valence-electron chi connectivity index (χ0n) is 10.6. The first-order valence-electron chi connectivity index (χ1n) is 5.71. The molecule has 0 fully saturated rings. The first kappa shape index (κ1) is 14.7.